The maximum atomic E-state index is 13.1. The second-order valence-electron chi connectivity index (χ2n) is 6.53. The predicted molar refractivity (Wildman–Crippen MR) is 96.4 cm³/mol. The number of allylic oxidation sites excluding steroid dienone is 1. The molecule has 1 saturated heterocycles. The molecular formula is C17H19BrF3NO3S. The fraction of sp³-hybridized carbons (Fsp3) is 0.471. The van der Waals surface area contributed by atoms with Crippen LogP contribution in [0, 0.1) is 5.41 Å². The molecule has 0 aliphatic carbocycles. The first-order valence-corrected chi connectivity index (χ1v) is 10.1. The van der Waals surface area contributed by atoms with Crippen molar-refractivity contribution in [2.45, 2.75) is 48.6 Å². The van der Waals surface area contributed by atoms with Crippen LogP contribution in [0.25, 0.3) is 0 Å². The summed E-state index contributed by atoms with van der Waals surface area (Å²) < 4.78 is 69.5. The first-order valence-electron chi connectivity index (χ1n) is 7.82. The van der Waals surface area contributed by atoms with Crippen molar-refractivity contribution in [1.82, 2.24) is 0 Å². The molecule has 0 saturated carbocycles. The van der Waals surface area contributed by atoms with Gasteiger partial charge in [0.15, 0.2) is 9.84 Å². The van der Waals surface area contributed by atoms with Gasteiger partial charge in [-0.15, -0.1) is 0 Å². The number of hydrogen-bond donors (Lipinski definition) is 1. The van der Waals surface area contributed by atoms with Crippen LogP contribution in [0.1, 0.15) is 32.3 Å². The summed E-state index contributed by atoms with van der Waals surface area (Å²) in [5, 5.41) is 7.44. The Balaban J connectivity index is 2.40. The number of benzene rings is 1. The molecule has 1 aliphatic heterocycles. The topological polar surface area (TPSA) is 67.2 Å². The number of rotatable bonds is 4. The first-order chi connectivity index (χ1) is 11.9. The average molecular weight is 454 g/mol. The van der Waals surface area contributed by atoms with Gasteiger partial charge in [-0.2, -0.15) is 13.2 Å². The van der Waals surface area contributed by atoms with Gasteiger partial charge in [-0.25, -0.2) is 8.42 Å². The van der Waals surface area contributed by atoms with E-state index in [1.54, 1.807) is 6.92 Å². The summed E-state index contributed by atoms with van der Waals surface area (Å²) in [7, 11) is -4.01. The van der Waals surface area contributed by atoms with Crippen LogP contribution >= 0.6 is 15.9 Å². The van der Waals surface area contributed by atoms with Gasteiger partial charge in [-0.05, 0) is 72.5 Å². The Kier molecular flexibility index (Phi) is 6.04. The lowest BCUT2D eigenvalue weighted by Gasteiger charge is -2.38. The fourth-order valence-corrected chi connectivity index (χ4v) is 5.12. The van der Waals surface area contributed by atoms with E-state index in [-0.39, 0.29) is 29.0 Å². The van der Waals surface area contributed by atoms with E-state index in [1.165, 1.54) is 19.1 Å². The van der Waals surface area contributed by atoms with E-state index in [9.17, 15) is 21.6 Å². The van der Waals surface area contributed by atoms with E-state index >= 15 is 0 Å². The van der Waals surface area contributed by atoms with Crippen molar-refractivity contribution in [2.24, 2.45) is 0 Å². The van der Waals surface area contributed by atoms with Crippen LogP contribution < -0.4 is 0 Å². The monoisotopic (exact) mass is 453 g/mol. The highest BCUT2D eigenvalue weighted by atomic mass is 79.9. The number of hydrogen-bond acceptors (Lipinski definition) is 4. The molecule has 1 aliphatic rings. The van der Waals surface area contributed by atoms with Crippen molar-refractivity contribution in [1.29, 1.82) is 5.41 Å². The molecule has 0 spiro atoms. The quantitative estimate of drug-likeness (QED) is 0.669. The van der Waals surface area contributed by atoms with E-state index in [4.69, 9.17) is 10.1 Å². The Hall–Kier alpha value is -1.19. The highest BCUT2D eigenvalue weighted by molar-refractivity contribution is 9.18. The number of halogens is 4. The molecule has 0 aromatic heterocycles. The van der Waals surface area contributed by atoms with E-state index in [1.807, 2.05) is 0 Å². The van der Waals surface area contributed by atoms with Crippen LogP contribution in [-0.2, 0) is 20.8 Å². The van der Waals surface area contributed by atoms with Crippen molar-refractivity contribution in [3.8, 4) is 0 Å². The molecule has 2 unspecified atom stereocenters. The summed E-state index contributed by atoms with van der Waals surface area (Å²) >= 11 is 3.00. The van der Waals surface area contributed by atoms with Crippen LogP contribution in [0.2, 0.25) is 0 Å². The summed E-state index contributed by atoms with van der Waals surface area (Å²) in [6.07, 6.45) is -3.32. The third kappa shape index (κ3) is 4.37. The molecule has 1 N–H and O–H groups in total. The molecular weight excluding hydrogens is 435 g/mol. The average Bonchev–Trinajstić information content (AvgIpc) is 2.53. The van der Waals surface area contributed by atoms with Crippen molar-refractivity contribution in [3.05, 3.63) is 41.5 Å². The lowest BCUT2D eigenvalue weighted by Crippen LogP contribution is -2.45. The van der Waals surface area contributed by atoms with Crippen LogP contribution in [0.4, 0.5) is 13.2 Å². The zero-order valence-electron chi connectivity index (χ0n) is 14.2. The van der Waals surface area contributed by atoms with Crippen molar-refractivity contribution in [2.75, 3.05) is 6.61 Å². The Morgan fingerprint density at radius 3 is 2.65 bits per heavy atom. The minimum atomic E-state index is -4.61. The van der Waals surface area contributed by atoms with Gasteiger partial charge in [0.25, 0.3) is 0 Å². The second kappa shape index (κ2) is 7.44. The van der Waals surface area contributed by atoms with Gasteiger partial charge in [-0.3, -0.25) is 5.41 Å². The molecule has 1 heterocycles. The number of alkyl halides is 3. The Morgan fingerprint density at radius 2 is 2.08 bits per heavy atom. The van der Waals surface area contributed by atoms with Gasteiger partial charge < -0.3 is 4.74 Å². The van der Waals surface area contributed by atoms with Crippen molar-refractivity contribution < 1.29 is 26.3 Å². The number of ether oxygens (including phenoxy) is 1. The maximum absolute atomic E-state index is 13.1. The molecule has 0 radical (unpaired) electrons. The number of nitrogens with one attached hydrogen (secondary N) is 1. The van der Waals surface area contributed by atoms with Gasteiger partial charge in [-0.1, -0.05) is 6.07 Å². The molecule has 2 atom stereocenters. The van der Waals surface area contributed by atoms with Gasteiger partial charge in [0.05, 0.1) is 25.9 Å². The molecule has 0 amide bonds. The largest absolute Gasteiger partial charge is 0.416 e. The Morgan fingerprint density at radius 1 is 1.42 bits per heavy atom. The third-order valence-electron chi connectivity index (χ3n) is 4.55. The molecule has 1 aromatic carbocycles. The lowest BCUT2D eigenvalue weighted by molar-refractivity contribution is -0.137. The molecule has 1 aromatic rings. The van der Waals surface area contributed by atoms with Crippen LogP contribution in [-0.4, -0.2) is 30.5 Å². The predicted octanol–water partition coefficient (Wildman–Crippen LogP) is 4.74. The van der Waals surface area contributed by atoms with E-state index in [0.717, 1.165) is 12.1 Å². The molecule has 144 valence electrons. The molecule has 0 bridgehead atoms. The molecule has 4 nitrogen and oxygen atoms in total. The van der Waals surface area contributed by atoms with Crippen LogP contribution in [0.5, 0.6) is 0 Å². The summed E-state index contributed by atoms with van der Waals surface area (Å²) in [6, 6.07) is 3.83. The minimum absolute atomic E-state index is 0.105. The zero-order valence-corrected chi connectivity index (χ0v) is 16.6. The summed E-state index contributed by atoms with van der Waals surface area (Å²) in [6.45, 7) is 3.42. The van der Waals surface area contributed by atoms with Crippen LogP contribution in [0.15, 0.2) is 40.8 Å². The van der Waals surface area contributed by atoms with Crippen LogP contribution in [0.3, 0.4) is 0 Å². The molecule has 1 fully saturated rings. The van der Waals surface area contributed by atoms with E-state index < -0.39 is 32.4 Å². The summed E-state index contributed by atoms with van der Waals surface area (Å²) in [5.74, 6) is 0. The minimum Gasteiger partial charge on any atom is -0.374 e. The van der Waals surface area contributed by atoms with Crippen molar-refractivity contribution in [3.63, 3.8) is 0 Å². The summed E-state index contributed by atoms with van der Waals surface area (Å²) in [4.78, 5) is -0.342. The molecule has 26 heavy (non-hydrogen) atoms. The van der Waals surface area contributed by atoms with Gasteiger partial charge in [0.1, 0.15) is 0 Å². The molecule has 2 rings (SSSR count). The standard InChI is InChI=1S/C17H19BrF3NO3S/c1-11(8-15(18)22)14-10-16(2,6-7-25-14)26(23,24)13-5-3-4-12(9-13)17(19,20)21/h3-5,8-9,14,22H,6-7,10H2,1-2H3/b11-8+,22-15?. The lowest BCUT2D eigenvalue weighted by atomic mass is 9.93. The normalized spacial score (nSPS) is 25.2. The van der Waals surface area contributed by atoms with Gasteiger partial charge in [0.2, 0.25) is 0 Å². The smallest absolute Gasteiger partial charge is 0.374 e. The van der Waals surface area contributed by atoms with E-state index in [2.05, 4.69) is 15.9 Å². The highest BCUT2D eigenvalue weighted by Gasteiger charge is 2.45. The van der Waals surface area contributed by atoms with Gasteiger partial charge in [0, 0.05) is 6.61 Å². The zero-order chi connectivity index (χ0) is 19.8. The SMILES string of the molecule is C/C(=C\C(=N)Br)C1CC(C)(S(=O)(=O)c2cccc(C(F)(F)F)c2)CCO1. The third-order valence-corrected chi connectivity index (χ3v) is 7.32. The Labute approximate surface area is 159 Å². The number of sulfone groups is 1. The Bertz CT molecular complexity index is 836. The summed E-state index contributed by atoms with van der Waals surface area (Å²) in [5.41, 5.74) is -0.313. The highest BCUT2D eigenvalue weighted by Crippen LogP contribution is 2.39. The van der Waals surface area contributed by atoms with Crippen molar-refractivity contribution >= 4 is 30.4 Å². The second-order valence-corrected chi connectivity index (χ2v) is 9.85. The van der Waals surface area contributed by atoms with Gasteiger partial charge >= 0.3 is 6.18 Å². The maximum Gasteiger partial charge on any atom is 0.416 e. The fourth-order valence-electron chi connectivity index (χ4n) is 2.92. The first kappa shape index (κ1) is 21.1. The molecule has 9 heteroatoms. The van der Waals surface area contributed by atoms with E-state index in [0.29, 0.717) is 11.6 Å².